The number of anilines is 1. The zero-order chi connectivity index (χ0) is 14.0. The number of amides is 1. The molecule has 0 radical (unpaired) electrons. The second kappa shape index (κ2) is 5.55. The first-order valence-corrected chi connectivity index (χ1v) is 6.29. The van der Waals surface area contributed by atoms with Crippen molar-refractivity contribution in [1.82, 2.24) is 9.97 Å². The van der Waals surface area contributed by atoms with Crippen molar-refractivity contribution in [3.8, 4) is 0 Å². The maximum absolute atomic E-state index is 12.1. The average molecular weight is 296 g/mol. The Kier molecular flexibility index (Phi) is 4.02. The number of benzene rings is 1. The van der Waals surface area contributed by atoms with E-state index in [1.165, 1.54) is 6.20 Å². The summed E-state index contributed by atoms with van der Waals surface area (Å²) in [5, 5.41) is 3.63. The van der Waals surface area contributed by atoms with Crippen LogP contribution >= 0.6 is 23.2 Å². The van der Waals surface area contributed by atoms with E-state index in [1.807, 2.05) is 0 Å². The van der Waals surface area contributed by atoms with Crippen molar-refractivity contribution in [3.05, 3.63) is 51.5 Å². The van der Waals surface area contributed by atoms with Crippen molar-refractivity contribution in [2.24, 2.45) is 0 Å². The van der Waals surface area contributed by atoms with Gasteiger partial charge in [-0.2, -0.15) is 0 Å². The highest BCUT2D eigenvalue weighted by atomic mass is 35.5. The minimum absolute atomic E-state index is 0.296. The number of aryl methyl sites for hydroxylation is 2. The number of nitrogens with one attached hydrogen (secondary N) is 1. The van der Waals surface area contributed by atoms with E-state index in [0.29, 0.717) is 32.8 Å². The molecule has 1 aromatic heterocycles. The van der Waals surface area contributed by atoms with Crippen LogP contribution in [0.15, 0.2) is 24.4 Å². The monoisotopic (exact) mass is 295 g/mol. The van der Waals surface area contributed by atoms with Gasteiger partial charge in [-0.25, -0.2) is 9.97 Å². The molecule has 0 fully saturated rings. The first-order chi connectivity index (χ1) is 8.95. The SMILES string of the molecule is Cc1ncc(C(=O)Nc2cc(Cl)cc(Cl)c2)c(C)n1. The van der Waals surface area contributed by atoms with Crippen LogP contribution in [-0.4, -0.2) is 15.9 Å². The smallest absolute Gasteiger partial charge is 0.259 e. The quantitative estimate of drug-likeness (QED) is 0.920. The van der Waals surface area contributed by atoms with Crippen molar-refractivity contribution in [2.75, 3.05) is 5.32 Å². The highest BCUT2D eigenvalue weighted by molar-refractivity contribution is 6.35. The number of halogens is 2. The lowest BCUT2D eigenvalue weighted by Crippen LogP contribution is -2.15. The number of hydrogen-bond donors (Lipinski definition) is 1. The Bertz CT molecular complexity index is 624. The topological polar surface area (TPSA) is 54.9 Å². The summed E-state index contributed by atoms with van der Waals surface area (Å²) < 4.78 is 0. The van der Waals surface area contributed by atoms with Crippen LogP contribution in [0.4, 0.5) is 5.69 Å². The Morgan fingerprint density at radius 3 is 2.37 bits per heavy atom. The van der Waals surface area contributed by atoms with Crippen molar-refractivity contribution >= 4 is 34.8 Å². The normalized spacial score (nSPS) is 10.3. The van der Waals surface area contributed by atoms with Crippen LogP contribution in [0.3, 0.4) is 0 Å². The molecule has 0 saturated heterocycles. The molecule has 0 aliphatic heterocycles. The van der Waals surface area contributed by atoms with Crippen molar-refractivity contribution in [1.29, 1.82) is 0 Å². The number of nitrogens with zero attached hydrogens (tertiary/aromatic N) is 2. The number of hydrogen-bond acceptors (Lipinski definition) is 3. The second-order valence-electron chi connectivity index (χ2n) is 4.03. The molecule has 0 atom stereocenters. The van der Waals surface area contributed by atoms with Gasteiger partial charge in [-0.3, -0.25) is 4.79 Å². The maximum Gasteiger partial charge on any atom is 0.259 e. The Labute approximate surface area is 120 Å². The van der Waals surface area contributed by atoms with Gasteiger partial charge < -0.3 is 5.32 Å². The Morgan fingerprint density at radius 1 is 1.16 bits per heavy atom. The predicted molar refractivity (Wildman–Crippen MR) is 75.9 cm³/mol. The molecule has 0 bridgehead atoms. The summed E-state index contributed by atoms with van der Waals surface area (Å²) >= 11 is 11.7. The molecule has 4 nitrogen and oxygen atoms in total. The number of rotatable bonds is 2. The van der Waals surface area contributed by atoms with E-state index in [4.69, 9.17) is 23.2 Å². The minimum Gasteiger partial charge on any atom is -0.322 e. The molecule has 0 spiro atoms. The first kappa shape index (κ1) is 13.8. The van der Waals surface area contributed by atoms with Gasteiger partial charge in [0.25, 0.3) is 5.91 Å². The lowest BCUT2D eigenvalue weighted by atomic mass is 10.2. The fourth-order valence-corrected chi connectivity index (χ4v) is 2.16. The van der Waals surface area contributed by atoms with Gasteiger partial charge in [0, 0.05) is 21.9 Å². The molecule has 98 valence electrons. The number of carbonyl (C=O) groups is 1. The van der Waals surface area contributed by atoms with Gasteiger partial charge >= 0.3 is 0 Å². The van der Waals surface area contributed by atoms with Crippen LogP contribution in [0, 0.1) is 13.8 Å². The Morgan fingerprint density at radius 2 is 1.79 bits per heavy atom. The third-order valence-corrected chi connectivity index (χ3v) is 2.90. The summed E-state index contributed by atoms with van der Waals surface area (Å²) in [7, 11) is 0. The summed E-state index contributed by atoms with van der Waals surface area (Å²) in [6, 6.07) is 4.84. The molecule has 1 amide bonds. The number of carbonyl (C=O) groups excluding carboxylic acids is 1. The summed E-state index contributed by atoms with van der Waals surface area (Å²) in [5.41, 5.74) is 1.57. The van der Waals surface area contributed by atoms with Crippen molar-refractivity contribution < 1.29 is 4.79 Å². The van der Waals surface area contributed by atoms with E-state index >= 15 is 0 Å². The first-order valence-electron chi connectivity index (χ1n) is 5.53. The molecule has 0 aliphatic carbocycles. The van der Waals surface area contributed by atoms with E-state index in [0.717, 1.165) is 0 Å². The van der Waals surface area contributed by atoms with Gasteiger partial charge in [0.15, 0.2) is 0 Å². The van der Waals surface area contributed by atoms with Crippen molar-refractivity contribution in [3.63, 3.8) is 0 Å². The summed E-state index contributed by atoms with van der Waals surface area (Å²) in [6.45, 7) is 3.53. The van der Waals surface area contributed by atoms with E-state index < -0.39 is 0 Å². The van der Waals surface area contributed by atoms with Crippen LogP contribution in [0.2, 0.25) is 10.0 Å². The van der Waals surface area contributed by atoms with Gasteiger partial charge in [0.05, 0.1) is 11.3 Å². The molecule has 0 aliphatic rings. The lowest BCUT2D eigenvalue weighted by Gasteiger charge is -2.08. The summed E-state index contributed by atoms with van der Waals surface area (Å²) in [6.07, 6.45) is 1.50. The summed E-state index contributed by atoms with van der Waals surface area (Å²) in [5.74, 6) is 0.329. The van der Waals surface area contributed by atoms with Crippen molar-refractivity contribution in [2.45, 2.75) is 13.8 Å². The fourth-order valence-electron chi connectivity index (χ4n) is 1.63. The van der Waals surface area contributed by atoms with Crippen LogP contribution in [0.1, 0.15) is 21.9 Å². The van der Waals surface area contributed by atoms with Crippen LogP contribution in [-0.2, 0) is 0 Å². The van der Waals surface area contributed by atoms with Crippen LogP contribution in [0.5, 0.6) is 0 Å². The van der Waals surface area contributed by atoms with Gasteiger partial charge in [-0.15, -0.1) is 0 Å². The van der Waals surface area contributed by atoms with E-state index in [1.54, 1.807) is 32.0 Å². The third-order valence-electron chi connectivity index (χ3n) is 2.46. The Balaban J connectivity index is 2.25. The third kappa shape index (κ3) is 3.43. The molecule has 0 saturated carbocycles. The molecular weight excluding hydrogens is 285 g/mol. The molecule has 1 aromatic carbocycles. The zero-order valence-corrected chi connectivity index (χ0v) is 11.9. The van der Waals surface area contributed by atoms with E-state index in [9.17, 15) is 4.79 Å². The molecular formula is C13H11Cl2N3O. The molecule has 1 N–H and O–H groups in total. The Hall–Kier alpha value is -1.65. The molecule has 0 unspecified atom stereocenters. The van der Waals surface area contributed by atoms with Gasteiger partial charge in [-0.05, 0) is 32.0 Å². The molecule has 6 heteroatoms. The zero-order valence-electron chi connectivity index (χ0n) is 10.4. The van der Waals surface area contributed by atoms with E-state index in [-0.39, 0.29) is 5.91 Å². The molecule has 1 heterocycles. The van der Waals surface area contributed by atoms with Gasteiger partial charge in [-0.1, -0.05) is 23.2 Å². The highest BCUT2D eigenvalue weighted by Crippen LogP contribution is 2.23. The fraction of sp³-hybridized carbons (Fsp3) is 0.154. The summed E-state index contributed by atoms with van der Waals surface area (Å²) in [4.78, 5) is 20.3. The van der Waals surface area contributed by atoms with Gasteiger partial charge in [0.1, 0.15) is 5.82 Å². The molecule has 2 rings (SSSR count). The predicted octanol–water partition coefficient (Wildman–Crippen LogP) is 3.65. The lowest BCUT2D eigenvalue weighted by molar-refractivity contribution is 0.102. The largest absolute Gasteiger partial charge is 0.322 e. The maximum atomic E-state index is 12.1. The van der Waals surface area contributed by atoms with Crippen LogP contribution < -0.4 is 5.32 Å². The number of aromatic nitrogens is 2. The standard InChI is InChI=1S/C13H11Cl2N3O/c1-7-12(6-16-8(2)17-7)13(19)18-11-4-9(14)3-10(15)5-11/h3-6H,1-2H3,(H,18,19). The molecule has 19 heavy (non-hydrogen) atoms. The highest BCUT2D eigenvalue weighted by Gasteiger charge is 2.11. The molecule has 2 aromatic rings. The van der Waals surface area contributed by atoms with Crippen LogP contribution in [0.25, 0.3) is 0 Å². The second-order valence-corrected chi connectivity index (χ2v) is 4.90. The average Bonchev–Trinajstić information content (AvgIpc) is 2.26. The van der Waals surface area contributed by atoms with Gasteiger partial charge in [0.2, 0.25) is 0 Å². The van der Waals surface area contributed by atoms with E-state index in [2.05, 4.69) is 15.3 Å². The minimum atomic E-state index is -0.296.